The third-order valence-electron chi connectivity index (χ3n) is 2.04. The Morgan fingerprint density at radius 2 is 2.00 bits per heavy atom. The Balaban J connectivity index is 3.77. The van der Waals surface area contributed by atoms with Gasteiger partial charge in [-0.05, 0) is 25.7 Å². The molecular weight excluding hydrogens is 194 g/mol. The van der Waals surface area contributed by atoms with Crippen LogP contribution < -0.4 is 5.32 Å². The molecule has 0 aliphatic rings. The number of nitrogens with one attached hydrogen (secondary N) is 1. The molecule has 0 rings (SSSR count). The first-order chi connectivity index (χ1) is 6.87. The average molecular weight is 217 g/mol. The lowest BCUT2D eigenvalue weighted by Crippen LogP contribution is -2.36. The Hall–Kier alpha value is -0.770. The van der Waals surface area contributed by atoms with Crippen LogP contribution in [0, 0.1) is 5.41 Å². The van der Waals surface area contributed by atoms with Gasteiger partial charge in [0, 0.05) is 20.3 Å². The minimum absolute atomic E-state index is 0.0337. The Labute approximate surface area is 92.3 Å². The van der Waals surface area contributed by atoms with Gasteiger partial charge in [0.1, 0.15) is 0 Å². The summed E-state index contributed by atoms with van der Waals surface area (Å²) in [6.45, 7) is 9.13. The number of hydrogen-bond donors (Lipinski definition) is 1. The van der Waals surface area contributed by atoms with Crippen molar-refractivity contribution in [3.8, 4) is 0 Å². The molecule has 0 aliphatic heterocycles. The average Bonchev–Trinajstić information content (AvgIpc) is 2.11. The Morgan fingerprint density at radius 1 is 1.40 bits per heavy atom. The molecule has 0 aromatic rings. The second kappa shape index (κ2) is 6.67. The van der Waals surface area contributed by atoms with E-state index in [1.807, 2.05) is 13.8 Å². The minimum atomic E-state index is -0.351. The molecule has 0 heterocycles. The summed E-state index contributed by atoms with van der Waals surface area (Å²) >= 11 is 0. The van der Waals surface area contributed by atoms with Crippen molar-refractivity contribution in [3.63, 3.8) is 0 Å². The van der Waals surface area contributed by atoms with E-state index in [1.54, 1.807) is 7.11 Å². The zero-order chi connectivity index (χ0) is 11.9. The summed E-state index contributed by atoms with van der Waals surface area (Å²) in [5, 5.41) is 2.75. The predicted molar refractivity (Wildman–Crippen MR) is 59.9 cm³/mol. The number of ether oxygens (including phenoxy) is 2. The van der Waals surface area contributed by atoms with Gasteiger partial charge in [-0.15, -0.1) is 0 Å². The molecule has 15 heavy (non-hydrogen) atoms. The van der Waals surface area contributed by atoms with Gasteiger partial charge in [-0.25, -0.2) is 4.79 Å². The molecule has 0 saturated heterocycles. The van der Waals surface area contributed by atoms with Crippen LogP contribution in [0.3, 0.4) is 0 Å². The minimum Gasteiger partial charge on any atom is -0.447 e. The second-order valence-electron chi connectivity index (χ2n) is 4.71. The summed E-state index contributed by atoms with van der Waals surface area (Å²) in [6, 6.07) is 0. The summed E-state index contributed by atoms with van der Waals surface area (Å²) in [5.74, 6) is 0. The molecule has 0 aromatic carbocycles. The van der Waals surface area contributed by atoms with Crippen molar-refractivity contribution < 1.29 is 14.3 Å². The maximum Gasteiger partial charge on any atom is 0.407 e. The number of methoxy groups -OCH3 is 1. The van der Waals surface area contributed by atoms with Gasteiger partial charge in [-0.2, -0.15) is 0 Å². The Morgan fingerprint density at radius 3 is 2.47 bits per heavy atom. The number of amides is 1. The zero-order valence-electron chi connectivity index (χ0n) is 10.4. The lowest BCUT2D eigenvalue weighted by molar-refractivity contribution is 0.107. The van der Waals surface area contributed by atoms with E-state index >= 15 is 0 Å². The van der Waals surface area contributed by atoms with E-state index in [1.165, 1.54) is 0 Å². The number of alkyl carbamates (subject to hydrolysis) is 1. The van der Waals surface area contributed by atoms with Crippen molar-refractivity contribution in [1.29, 1.82) is 0 Å². The van der Waals surface area contributed by atoms with Crippen molar-refractivity contribution in [1.82, 2.24) is 5.32 Å². The van der Waals surface area contributed by atoms with Crippen LogP contribution in [-0.2, 0) is 9.47 Å². The van der Waals surface area contributed by atoms with Crippen LogP contribution in [0.1, 0.15) is 34.1 Å². The molecular formula is C11H23NO3. The first kappa shape index (κ1) is 14.2. The Bertz CT molecular complexity index is 190. The lowest BCUT2D eigenvalue weighted by Gasteiger charge is -2.24. The number of rotatable bonds is 6. The van der Waals surface area contributed by atoms with Crippen LogP contribution in [0.4, 0.5) is 4.79 Å². The van der Waals surface area contributed by atoms with Crippen LogP contribution in [0.2, 0.25) is 0 Å². The number of carbonyl (C=O) groups excluding carboxylic acids is 1. The van der Waals surface area contributed by atoms with Gasteiger partial charge >= 0.3 is 6.09 Å². The third-order valence-corrected chi connectivity index (χ3v) is 2.04. The van der Waals surface area contributed by atoms with Crippen LogP contribution in [0.25, 0.3) is 0 Å². The summed E-state index contributed by atoms with van der Waals surface area (Å²) in [6.07, 6.45) is 0.480. The Kier molecular flexibility index (Phi) is 6.32. The fourth-order valence-electron chi connectivity index (χ4n) is 1.03. The van der Waals surface area contributed by atoms with Gasteiger partial charge in [0.2, 0.25) is 0 Å². The monoisotopic (exact) mass is 217 g/mol. The lowest BCUT2D eigenvalue weighted by atomic mass is 9.90. The van der Waals surface area contributed by atoms with Crippen molar-refractivity contribution in [3.05, 3.63) is 0 Å². The molecule has 0 radical (unpaired) electrons. The highest BCUT2D eigenvalue weighted by atomic mass is 16.6. The molecule has 1 N–H and O–H groups in total. The summed E-state index contributed by atoms with van der Waals surface area (Å²) < 4.78 is 9.97. The molecule has 0 saturated carbocycles. The molecule has 0 fully saturated rings. The van der Waals surface area contributed by atoms with Crippen molar-refractivity contribution in [2.45, 2.75) is 40.2 Å². The van der Waals surface area contributed by atoms with Crippen LogP contribution in [0.5, 0.6) is 0 Å². The van der Waals surface area contributed by atoms with E-state index in [4.69, 9.17) is 9.47 Å². The van der Waals surface area contributed by atoms with E-state index in [9.17, 15) is 4.79 Å². The first-order valence-electron chi connectivity index (χ1n) is 5.31. The molecule has 0 aromatic heterocycles. The van der Waals surface area contributed by atoms with Gasteiger partial charge < -0.3 is 14.8 Å². The standard InChI is InChI=1S/C11H23NO3/c1-9(2)15-10(13)12-8-11(3,4)6-7-14-5/h9H,6-8H2,1-5H3,(H,12,13). The second-order valence-corrected chi connectivity index (χ2v) is 4.71. The molecule has 4 nitrogen and oxygen atoms in total. The van der Waals surface area contributed by atoms with Crippen LogP contribution in [0.15, 0.2) is 0 Å². The summed E-state index contributed by atoms with van der Waals surface area (Å²) in [7, 11) is 1.68. The number of carbonyl (C=O) groups is 1. The summed E-state index contributed by atoms with van der Waals surface area (Å²) in [4.78, 5) is 11.2. The van der Waals surface area contributed by atoms with Gasteiger partial charge in [0.05, 0.1) is 6.10 Å². The maximum absolute atomic E-state index is 11.2. The zero-order valence-corrected chi connectivity index (χ0v) is 10.4. The highest BCUT2D eigenvalue weighted by molar-refractivity contribution is 5.67. The molecule has 90 valence electrons. The highest BCUT2D eigenvalue weighted by Crippen LogP contribution is 2.18. The molecule has 0 spiro atoms. The normalized spacial score (nSPS) is 11.6. The van der Waals surface area contributed by atoms with Crippen molar-refractivity contribution >= 4 is 6.09 Å². The fourth-order valence-corrected chi connectivity index (χ4v) is 1.03. The fraction of sp³-hybridized carbons (Fsp3) is 0.909. The number of hydrogen-bond acceptors (Lipinski definition) is 3. The van der Waals surface area contributed by atoms with E-state index in [0.717, 1.165) is 6.42 Å². The van der Waals surface area contributed by atoms with Gasteiger partial charge in [-0.1, -0.05) is 13.8 Å². The van der Waals surface area contributed by atoms with Gasteiger partial charge in [0.25, 0.3) is 0 Å². The molecule has 0 atom stereocenters. The van der Waals surface area contributed by atoms with E-state index in [2.05, 4.69) is 19.2 Å². The maximum atomic E-state index is 11.2. The van der Waals surface area contributed by atoms with Crippen molar-refractivity contribution in [2.24, 2.45) is 5.41 Å². The SMILES string of the molecule is COCCC(C)(C)CNC(=O)OC(C)C. The molecule has 0 bridgehead atoms. The topological polar surface area (TPSA) is 47.6 Å². The van der Waals surface area contributed by atoms with Crippen LogP contribution in [-0.4, -0.2) is 32.5 Å². The first-order valence-corrected chi connectivity index (χ1v) is 5.31. The molecule has 4 heteroatoms. The third kappa shape index (κ3) is 8.24. The van der Waals surface area contributed by atoms with E-state index in [0.29, 0.717) is 13.2 Å². The van der Waals surface area contributed by atoms with E-state index in [-0.39, 0.29) is 17.6 Å². The largest absolute Gasteiger partial charge is 0.447 e. The molecule has 0 aliphatic carbocycles. The van der Waals surface area contributed by atoms with E-state index < -0.39 is 0 Å². The molecule has 1 amide bonds. The van der Waals surface area contributed by atoms with Crippen LogP contribution >= 0.6 is 0 Å². The quantitative estimate of drug-likeness (QED) is 0.742. The summed E-state index contributed by atoms with van der Waals surface area (Å²) in [5.41, 5.74) is 0.0337. The highest BCUT2D eigenvalue weighted by Gasteiger charge is 2.19. The van der Waals surface area contributed by atoms with Gasteiger partial charge in [-0.3, -0.25) is 0 Å². The smallest absolute Gasteiger partial charge is 0.407 e. The van der Waals surface area contributed by atoms with Crippen molar-refractivity contribution in [2.75, 3.05) is 20.3 Å². The van der Waals surface area contributed by atoms with Gasteiger partial charge in [0.15, 0.2) is 0 Å². The molecule has 0 unspecified atom stereocenters. The predicted octanol–water partition coefficient (Wildman–Crippen LogP) is 2.18.